The van der Waals surface area contributed by atoms with Crippen molar-refractivity contribution in [3.63, 3.8) is 0 Å². The van der Waals surface area contributed by atoms with Crippen molar-refractivity contribution >= 4 is 23.1 Å². The molecule has 1 aromatic heterocycles. The van der Waals surface area contributed by atoms with Gasteiger partial charge >= 0.3 is 0 Å². The van der Waals surface area contributed by atoms with E-state index in [1.54, 1.807) is 42.5 Å². The molecule has 2 aromatic carbocycles. The van der Waals surface area contributed by atoms with E-state index in [9.17, 15) is 14.7 Å². The summed E-state index contributed by atoms with van der Waals surface area (Å²) < 4.78 is 16.5. The first-order valence-electron chi connectivity index (χ1n) is 10.0. The molecule has 0 bridgehead atoms. The normalized spacial score (nSPS) is 17.6. The number of carbonyl (C=O) groups is 2. The summed E-state index contributed by atoms with van der Waals surface area (Å²) in [5, 5.41) is 11.4. The van der Waals surface area contributed by atoms with Gasteiger partial charge in [-0.25, -0.2) is 0 Å². The highest BCUT2D eigenvalue weighted by Gasteiger charge is 2.49. The average Bonchev–Trinajstić information content (AvgIpc) is 3.40. The number of Topliss-reactive ketones (excluding diaryl/α,β-unsaturated/α-hetero) is 1. The predicted molar refractivity (Wildman–Crippen MR) is 119 cm³/mol. The summed E-state index contributed by atoms with van der Waals surface area (Å²) in [4.78, 5) is 27.8. The number of methoxy groups -OCH3 is 2. The number of rotatable bonds is 5. The van der Waals surface area contributed by atoms with Gasteiger partial charge < -0.3 is 19.0 Å². The zero-order chi connectivity index (χ0) is 23.0. The SMILES string of the molecule is COc1ccccc1N1C(=O)C(=O)/C(=C(\O)c2cc(C)cc(C)c2OC)C1c1ccco1. The predicted octanol–water partition coefficient (Wildman–Crippen LogP) is 4.54. The minimum Gasteiger partial charge on any atom is -0.507 e. The number of amides is 1. The summed E-state index contributed by atoms with van der Waals surface area (Å²) in [6.07, 6.45) is 1.45. The van der Waals surface area contributed by atoms with Crippen molar-refractivity contribution in [2.75, 3.05) is 19.1 Å². The number of benzene rings is 2. The first kappa shape index (κ1) is 21.2. The minimum absolute atomic E-state index is 0.0841. The van der Waals surface area contributed by atoms with Gasteiger partial charge in [-0.3, -0.25) is 14.5 Å². The van der Waals surface area contributed by atoms with E-state index in [1.165, 1.54) is 25.4 Å². The number of aliphatic hydroxyl groups is 1. The van der Waals surface area contributed by atoms with Gasteiger partial charge in [-0.2, -0.15) is 0 Å². The summed E-state index contributed by atoms with van der Waals surface area (Å²) >= 11 is 0. The second kappa shape index (κ2) is 8.26. The lowest BCUT2D eigenvalue weighted by Gasteiger charge is -2.25. The largest absolute Gasteiger partial charge is 0.507 e. The number of ketones is 1. The van der Waals surface area contributed by atoms with E-state index >= 15 is 0 Å². The van der Waals surface area contributed by atoms with E-state index < -0.39 is 17.7 Å². The average molecular weight is 433 g/mol. The number of hydrogen-bond donors (Lipinski definition) is 1. The number of para-hydroxylation sites is 2. The Morgan fingerprint density at radius 1 is 1.03 bits per heavy atom. The van der Waals surface area contributed by atoms with E-state index in [1.807, 2.05) is 19.9 Å². The smallest absolute Gasteiger partial charge is 0.300 e. The Labute approximate surface area is 185 Å². The second-order valence-corrected chi connectivity index (χ2v) is 7.52. The van der Waals surface area contributed by atoms with Crippen LogP contribution >= 0.6 is 0 Å². The lowest BCUT2D eigenvalue weighted by atomic mass is 9.96. The monoisotopic (exact) mass is 433 g/mol. The Morgan fingerprint density at radius 2 is 1.78 bits per heavy atom. The van der Waals surface area contributed by atoms with Crippen molar-refractivity contribution in [1.82, 2.24) is 0 Å². The zero-order valence-electron chi connectivity index (χ0n) is 18.2. The van der Waals surface area contributed by atoms with E-state index in [2.05, 4.69) is 0 Å². The Bertz CT molecular complexity index is 1230. The van der Waals surface area contributed by atoms with Crippen molar-refractivity contribution < 1.29 is 28.6 Å². The molecule has 1 saturated heterocycles. The molecular weight excluding hydrogens is 410 g/mol. The molecule has 4 rings (SSSR count). The van der Waals surface area contributed by atoms with Gasteiger partial charge in [-0.15, -0.1) is 0 Å². The van der Waals surface area contributed by atoms with Gasteiger partial charge in [0.2, 0.25) is 0 Å². The number of carbonyl (C=O) groups excluding carboxylic acids is 2. The first-order chi connectivity index (χ1) is 15.4. The number of ether oxygens (including phenoxy) is 2. The van der Waals surface area contributed by atoms with E-state index in [-0.39, 0.29) is 11.3 Å². The van der Waals surface area contributed by atoms with Gasteiger partial charge in [-0.05, 0) is 55.3 Å². The number of aliphatic hydroxyl groups excluding tert-OH is 1. The van der Waals surface area contributed by atoms with Gasteiger partial charge in [0.15, 0.2) is 0 Å². The van der Waals surface area contributed by atoms with Crippen LogP contribution in [0.1, 0.15) is 28.5 Å². The van der Waals surface area contributed by atoms with Crippen LogP contribution in [0.2, 0.25) is 0 Å². The van der Waals surface area contributed by atoms with E-state index in [0.29, 0.717) is 28.5 Å². The van der Waals surface area contributed by atoms with Gasteiger partial charge in [-0.1, -0.05) is 18.2 Å². The zero-order valence-corrected chi connectivity index (χ0v) is 18.2. The molecule has 0 saturated carbocycles. The molecule has 7 nitrogen and oxygen atoms in total. The van der Waals surface area contributed by atoms with Crippen LogP contribution in [-0.2, 0) is 9.59 Å². The van der Waals surface area contributed by atoms with Gasteiger partial charge in [0, 0.05) is 0 Å². The molecule has 0 spiro atoms. The summed E-state index contributed by atoms with van der Waals surface area (Å²) in [6.45, 7) is 3.72. The number of furan rings is 1. The molecule has 0 radical (unpaired) electrons. The highest BCUT2D eigenvalue weighted by Crippen LogP contribution is 2.46. The fourth-order valence-electron chi connectivity index (χ4n) is 4.17. The van der Waals surface area contributed by atoms with E-state index in [4.69, 9.17) is 13.9 Å². The minimum atomic E-state index is -0.980. The number of anilines is 1. The molecule has 1 amide bonds. The van der Waals surface area contributed by atoms with Crippen molar-refractivity contribution in [1.29, 1.82) is 0 Å². The van der Waals surface area contributed by atoms with Gasteiger partial charge in [0.25, 0.3) is 11.7 Å². The van der Waals surface area contributed by atoms with Crippen LogP contribution < -0.4 is 14.4 Å². The topological polar surface area (TPSA) is 89.2 Å². The maximum atomic E-state index is 13.2. The third-order valence-corrected chi connectivity index (χ3v) is 5.48. The molecule has 2 heterocycles. The molecule has 164 valence electrons. The Kier molecular flexibility index (Phi) is 5.48. The fraction of sp³-hybridized carbons (Fsp3) is 0.200. The van der Waals surface area contributed by atoms with Crippen LogP contribution in [0.5, 0.6) is 11.5 Å². The summed E-state index contributed by atoms with van der Waals surface area (Å²) in [7, 11) is 2.98. The summed E-state index contributed by atoms with van der Waals surface area (Å²) in [5.74, 6) is -0.771. The molecule has 1 atom stereocenters. The van der Waals surface area contributed by atoms with Crippen molar-refractivity contribution in [3.05, 3.63) is 82.8 Å². The molecule has 0 aliphatic carbocycles. The number of aryl methyl sites for hydroxylation is 2. The molecule has 1 aliphatic rings. The second-order valence-electron chi connectivity index (χ2n) is 7.52. The van der Waals surface area contributed by atoms with Crippen molar-refractivity contribution in [3.8, 4) is 11.5 Å². The Hall–Kier alpha value is -4.00. The highest BCUT2D eigenvalue weighted by molar-refractivity contribution is 6.51. The van der Waals surface area contributed by atoms with Crippen LogP contribution in [0.3, 0.4) is 0 Å². The molecule has 1 aliphatic heterocycles. The number of nitrogens with zero attached hydrogens (tertiary/aromatic N) is 1. The lowest BCUT2D eigenvalue weighted by molar-refractivity contribution is -0.132. The van der Waals surface area contributed by atoms with Crippen LogP contribution in [0, 0.1) is 13.8 Å². The third kappa shape index (κ3) is 3.32. The quantitative estimate of drug-likeness (QED) is 0.361. The highest BCUT2D eigenvalue weighted by atomic mass is 16.5. The standard InChI is InChI=1S/C25H23NO6/c1-14-12-15(2)24(31-4)16(13-14)22(27)20-21(19-10-7-11-32-19)26(25(29)23(20)28)17-8-5-6-9-18(17)30-3/h5-13,21,27H,1-4H3/b22-20-. The molecule has 3 aromatic rings. The van der Waals surface area contributed by atoms with Crippen molar-refractivity contribution in [2.24, 2.45) is 0 Å². The number of hydrogen-bond acceptors (Lipinski definition) is 6. The van der Waals surface area contributed by atoms with Crippen LogP contribution in [-0.4, -0.2) is 31.0 Å². The Morgan fingerprint density at radius 3 is 2.44 bits per heavy atom. The third-order valence-electron chi connectivity index (χ3n) is 5.48. The maximum Gasteiger partial charge on any atom is 0.300 e. The van der Waals surface area contributed by atoms with Gasteiger partial charge in [0.1, 0.15) is 29.1 Å². The van der Waals surface area contributed by atoms with Crippen LogP contribution in [0.15, 0.2) is 64.8 Å². The van der Waals surface area contributed by atoms with Crippen LogP contribution in [0.4, 0.5) is 5.69 Å². The van der Waals surface area contributed by atoms with Gasteiger partial charge in [0.05, 0.1) is 37.3 Å². The maximum absolute atomic E-state index is 13.2. The van der Waals surface area contributed by atoms with E-state index in [0.717, 1.165) is 11.1 Å². The fourth-order valence-corrected chi connectivity index (χ4v) is 4.17. The molecular formula is C25H23NO6. The summed E-state index contributed by atoms with van der Waals surface area (Å²) in [6, 6.07) is 12.8. The van der Waals surface area contributed by atoms with Crippen LogP contribution in [0.25, 0.3) is 5.76 Å². The molecule has 1 N–H and O–H groups in total. The first-order valence-corrected chi connectivity index (χ1v) is 10.0. The summed E-state index contributed by atoms with van der Waals surface area (Å²) in [5.41, 5.74) is 2.31. The lowest BCUT2D eigenvalue weighted by Crippen LogP contribution is -2.29. The molecule has 7 heteroatoms. The van der Waals surface area contributed by atoms with Crippen molar-refractivity contribution in [2.45, 2.75) is 19.9 Å². The molecule has 1 unspecified atom stereocenters. The molecule has 32 heavy (non-hydrogen) atoms. The Balaban J connectivity index is 2.00. The molecule has 1 fully saturated rings.